The molecule has 0 unspecified atom stereocenters. The number of Topliss-reactive ketones (excluding diaryl/α,β-unsaturated/α-hetero) is 1. The first-order valence-corrected chi connectivity index (χ1v) is 8.99. The molecule has 1 aliphatic heterocycles. The van der Waals surface area contributed by atoms with Crippen LogP contribution in [0.15, 0.2) is 78.9 Å². The molecule has 3 aromatic rings. The number of ketones is 1. The fourth-order valence-corrected chi connectivity index (χ4v) is 3.17. The van der Waals surface area contributed by atoms with Crippen molar-refractivity contribution in [2.24, 2.45) is 0 Å². The molecular formula is C23H16FNO4. The van der Waals surface area contributed by atoms with Crippen molar-refractivity contribution < 1.29 is 23.5 Å². The van der Waals surface area contributed by atoms with Crippen molar-refractivity contribution in [3.8, 4) is 5.75 Å². The lowest BCUT2D eigenvalue weighted by Crippen LogP contribution is -2.42. The van der Waals surface area contributed by atoms with Gasteiger partial charge in [-0.3, -0.25) is 19.3 Å². The van der Waals surface area contributed by atoms with Crippen molar-refractivity contribution in [3.05, 3.63) is 101 Å². The molecule has 1 aliphatic rings. The van der Waals surface area contributed by atoms with Crippen LogP contribution in [0.2, 0.25) is 0 Å². The molecule has 29 heavy (non-hydrogen) atoms. The minimum absolute atomic E-state index is 0.200. The van der Waals surface area contributed by atoms with Gasteiger partial charge in [0.15, 0.2) is 5.78 Å². The zero-order valence-corrected chi connectivity index (χ0v) is 15.2. The Bertz CT molecular complexity index is 1080. The number of carbonyl (C=O) groups is 3. The van der Waals surface area contributed by atoms with Crippen LogP contribution in [-0.4, -0.2) is 29.0 Å². The third kappa shape index (κ3) is 3.65. The minimum Gasteiger partial charge on any atom is -0.475 e. The van der Waals surface area contributed by atoms with Gasteiger partial charge in [0.25, 0.3) is 11.8 Å². The predicted octanol–water partition coefficient (Wildman–Crippen LogP) is 3.81. The van der Waals surface area contributed by atoms with Gasteiger partial charge in [-0.25, -0.2) is 4.39 Å². The van der Waals surface area contributed by atoms with Gasteiger partial charge in [0.1, 0.15) is 11.6 Å². The van der Waals surface area contributed by atoms with Gasteiger partial charge in [0, 0.05) is 11.1 Å². The average Bonchev–Trinajstić information content (AvgIpc) is 2.85. The van der Waals surface area contributed by atoms with E-state index < -0.39 is 36.1 Å². The number of benzene rings is 3. The summed E-state index contributed by atoms with van der Waals surface area (Å²) in [4.78, 5) is 39.8. The van der Waals surface area contributed by atoms with Gasteiger partial charge in [0.2, 0.25) is 6.10 Å². The second-order valence-corrected chi connectivity index (χ2v) is 6.56. The number of halogens is 1. The number of rotatable bonds is 4. The molecule has 0 aromatic heterocycles. The Hall–Kier alpha value is -3.80. The number of carbonyl (C=O) groups excluding carboxylic acids is 3. The van der Waals surface area contributed by atoms with Crippen LogP contribution in [0, 0.1) is 5.82 Å². The number of fused-ring (bicyclic) bond motifs is 1. The summed E-state index contributed by atoms with van der Waals surface area (Å²) in [5.74, 6) is -1.92. The summed E-state index contributed by atoms with van der Waals surface area (Å²) in [6.45, 7) is -0.468. The van der Waals surface area contributed by atoms with Gasteiger partial charge in [-0.2, -0.15) is 0 Å². The lowest BCUT2D eigenvalue weighted by molar-refractivity contribution is -0.135. The van der Waals surface area contributed by atoms with Crippen molar-refractivity contribution in [1.82, 2.24) is 4.90 Å². The molecule has 0 fully saturated rings. The summed E-state index contributed by atoms with van der Waals surface area (Å²) < 4.78 is 19.0. The lowest BCUT2D eigenvalue weighted by Gasteiger charge is -2.22. The summed E-state index contributed by atoms with van der Waals surface area (Å²) in [7, 11) is 0. The molecule has 1 heterocycles. The highest BCUT2D eigenvalue weighted by Crippen LogP contribution is 2.32. The number of hydrogen-bond donors (Lipinski definition) is 0. The molecule has 6 heteroatoms. The summed E-state index contributed by atoms with van der Waals surface area (Å²) in [5, 5.41) is 0. The summed E-state index contributed by atoms with van der Waals surface area (Å²) in [5.41, 5.74) is 0.981. The maximum Gasteiger partial charge on any atom is 0.275 e. The van der Waals surface area contributed by atoms with Crippen molar-refractivity contribution in [2.75, 3.05) is 6.54 Å². The molecule has 0 N–H and O–H groups in total. The molecule has 2 amide bonds. The van der Waals surface area contributed by atoms with Crippen LogP contribution >= 0.6 is 0 Å². The first-order chi connectivity index (χ1) is 14.0. The summed E-state index contributed by atoms with van der Waals surface area (Å²) >= 11 is 0. The van der Waals surface area contributed by atoms with E-state index in [1.54, 1.807) is 54.6 Å². The second kappa shape index (κ2) is 7.67. The number of amides is 2. The molecule has 0 aliphatic carbocycles. The fourth-order valence-electron chi connectivity index (χ4n) is 3.17. The van der Waals surface area contributed by atoms with E-state index in [9.17, 15) is 18.8 Å². The number of imide groups is 1. The van der Waals surface area contributed by atoms with Crippen molar-refractivity contribution in [1.29, 1.82) is 0 Å². The van der Waals surface area contributed by atoms with Gasteiger partial charge in [-0.15, -0.1) is 0 Å². The Balaban J connectivity index is 1.72. The third-order valence-corrected chi connectivity index (χ3v) is 4.67. The highest BCUT2D eigenvalue weighted by molar-refractivity contribution is 6.12. The van der Waals surface area contributed by atoms with Gasteiger partial charge >= 0.3 is 0 Å². The quantitative estimate of drug-likeness (QED) is 0.503. The molecule has 144 valence electrons. The molecule has 0 radical (unpaired) electrons. The van der Waals surface area contributed by atoms with Crippen molar-refractivity contribution in [3.63, 3.8) is 0 Å². The van der Waals surface area contributed by atoms with Crippen LogP contribution in [0.5, 0.6) is 5.75 Å². The molecule has 3 aromatic carbocycles. The molecule has 5 nitrogen and oxygen atoms in total. The summed E-state index contributed by atoms with van der Waals surface area (Å²) in [6.07, 6.45) is -1.06. The normalized spacial score (nSPS) is 16.0. The van der Waals surface area contributed by atoms with Crippen LogP contribution in [-0.2, 0) is 4.79 Å². The standard InChI is InChI=1S/C23H16FNO4/c24-17-12-10-15(11-13-17)19(26)14-25-22(27)18-8-4-5-9-20(18)29-21(23(25)28)16-6-2-1-3-7-16/h1-13,21H,14H2/t21-/m1/s1. The number of ether oxygens (including phenoxy) is 1. The van der Waals surface area contributed by atoms with E-state index in [1.165, 1.54) is 12.1 Å². The Morgan fingerprint density at radius 3 is 2.28 bits per heavy atom. The Morgan fingerprint density at radius 1 is 0.897 bits per heavy atom. The van der Waals surface area contributed by atoms with Gasteiger partial charge in [-0.05, 0) is 36.4 Å². The fraction of sp³-hybridized carbons (Fsp3) is 0.0870. The summed E-state index contributed by atoms with van der Waals surface area (Å²) in [6, 6.07) is 20.3. The van der Waals surface area contributed by atoms with Gasteiger partial charge in [0.05, 0.1) is 12.1 Å². The maximum atomic E-state index is 13.2. The van der Waals surface area contributed by atoms with Crippen LogP contribution in [0.1, 0.15) is 32.4 Å². The highest BCUT2D eigenvalue weighted by Gasteiger charge is 2.38. The number of hydrogen-bond acceptors (Lipinski definition) is 4. The van der Waals surface area contributed by atoms with E-state index in [2.05, 4.69) is 0 Å². The SMILES string of the molecule is O=C(CN1C(=O)c2ccccc2O[C@H](c2ccccc2)C1=O)c1ccc(F)cc1. The second-order valence-electron chi connectivity index (χ2n) is 6.56. The third-order valence-electron chi connectivity index (χ3n) is 4.67. The number of nitrogens with zero attached hydrogens (tertiary/aromatic N) is 1. The maximum absolute atomic E-state index is 13.2. The minimum atomic E-state index is -1.06. The van der Waals surface area contributed by atoms with Gasteiger partial charge < -0.3 is 4.74 Å². The van der Waals surface area contributed by atoms with Crippen molar-refractivity contribution in [2.45, 2.75) is 6.10 Å². The lowest BCUT2D eigenvalue weighted by atomic mass is 10.1. The van der Waals surface area contributed by atoms with E-state index in [-0.39, 0.29) is 16.9 Å². The molecule has 0 saturated heterocycles. The van der Waals surface area contributed by atoms with Crippen LogP contribution in [0.4, 0.5) is 4.39 Å². The zero-order chi connectivity index (χ0) is 20.4. The van der Waals surface area contributed by atoms with E-state index in [0.29, 0.717) is 5.56 Å². The van der Waals surface area contributed by atoms with E-state index >= 15 is 0 Å². The van der Waals surface area contributed by atoms with Gasteiger partial charge in [-0.1, -0.05) is 42.5 Å². The predicted molar refractivity (Wildman–Crippen MR) is 103 cm³/mol. The molecule has 0 bridgehead atoms. The average molecular weight is 389 g/mol. The Kier molecular flexibility index (Phi) is 4.91. The van der Waals surface area contributed by atoms with E-state index in [0.717, 1.165) is 17.0 Å². The van der Waals surface area contributed by atoms with Crippen LogP contribution < -0.4 is 4.74 Å². The topological polar surface area (TPSA) is 63.7 Å². The first kappa shape index (κ1) is 18.6. The number of para-hydroxylation sites is 1. The largest absolute Gasteiger partial charge is 0.475 e. The molecule has 0 spiro atoms. The molecule has 1 atom stereocenters. The molecule has 0 saturated carbocycles. The zero-order valence-electron chi connectivity index (χ0n) is 15.2. The molecule has 4 rings (SSSR count). The van der Waals surface area contributed by atoms with Crippen molar-refractivity contribution >= 4 is 17.6 Å². The first-order valence-electron chi connectivity index (χ1n) is 8.99. The molecular weight excluding hydrogens is 373 g/mol. The van der Waals surface area contributed by atoms with Crippen LogP contribution in [0.3, 0.4) is 0 Å². The highest BCUT2D eigenvalue weighted by atomic mass is 19.1. The Labute approximate surface area is 166 Å². The monoisotopic (exact) mass is 389 g/mol. The Morgan fingerprint density at radius 2 is 1.55 bits per heavy atom. The van der Waals surface area contributed by atoms with Crippen LogP contribution in [0.25, 0.3) is 0 Å². The van der Waals surface area contributed by atoms with E-state index in [1.807, 2.05) is 0 Å². The smallest absolute Gasteiger partial charge is 0.275 e. The van der Waals surface area contributed by atoms with E-state index in [4.69, 9.17) is 4.74 Å².